The van der Waals surface area contributed by atoms with Gasteiger partial charge in [-0.15, -0.1) is 11.3 Å². The third-order valence-corrected chi connectivity index (χ3v) is 14.3. The van der Waals surface area contributed by atoms with Gasteiger partial charge in [0.25, 0.3) is 0 Å². The lowest BCUT2D eigenvalue weighted by Crippen LogP contribution is -2.30. The van der Waals surface area contributed by atoms with Crippen LogP contribution in [0.15, 0.2) is 170 Å². The Kier molecular flexibility index (Phi) is 6.65. The first-order valence-electron chi connectivity index (χ1n) is 20.0. The van der Waals surface area contributed by atoms with Crippen LogP contribution in [0.1, 0.15) is 49.9 Å². The minimum Gasteiger partial charge on any atom is -0.310 e. The lowest BCUT2D eigenvalue weighted by molar-refractivity contribution is 0.632. The summed E-state index contributed by atoms with van der Waals surface area (Å²) in [4.78, 5) is 2.49. The second-order valence-electron chi connectivity index (χ2n) is 17.0. The van der Waals surface area contributed by atoms with Gasteiger partial charge in [-0.1, -0.05) is 119 Å². The topological polar surface area (TPSA) is 8.17 Å². The van der Waals surface area contributed by atoms with Crippen LogP contribution in [0.5, 0.6) is 0 Å². The minimum atomic E-state index is -0.203. The summed E-state index contributed by atoms with van der Waals surface area (Å²) < 4.78 is 5.12. The Bertz CT molecular complexity index is 3300. The van der Waals surface area contributed by atoms with Crippen molar-refractivity contribution in [3.8, 4) is 27.9 Å². The number of aromatic nitrogens is 1. The van der Waals surface area contributed by atoms with E-state index in [-0.39, 0.29) is 10.8 Å². The monoisotopic (exact) mass is 748 g/mol. The van der Waals surface area contributed by atoms with Crippen LogP contribution in [0, 0.1) is 0 Å². The maximum Gasteiger partial charge on any atom is 0.0544 e. The fraction of sp³-hybridized carbons (Fsp3) is 0.111. The largest absolute Gasteiger partial charge is 0.310 e. The third-order valence-electron chi connectivity index (χ3n) is 13.2. The molecule has 0 radical (unpaired) electrons. The van der Waals surface area contributed by atoms with Crippen molar-refractivity contribution in [2.75, 3.05) is 4.90 Å². The van der Waals surface area contributed by atoms with Crippen LogP contribution < -0.4 is 4.90 Å². The molecule has 0 unspecified atom stereocenters. The molecule has 57 heavy (non-hydrogen) atoms. The van der Waals surface area contributed by atoms with Gasteiger partial charge in [0.2, 0.25) is 0 Å². The Morgan fingerprint density at radius 2 is 1.05 bits per heavy atom. The SMILES string of the molecule is CC1(C)c2ccccc2-c2cc3c4cc(-c5ccc6c(c5)C(C)(C)c5ccccc5N6c5ccc6sc7ccccc7c6c5)ccc4n(-c4ccccc4)c3cc21. The van der Waals surface area contributed by atoms with E-state index in [1.807, 2.05) is 11.3 Å². The summed E-state index contributed by atoms with van der Waals surface area (Å²) in [6.45, 7) is 9.52. The molecule has 0 spiro atoms. The van der Waals surface area contributed by atoms with Gasteiger partial charge < -0.3 is 9.47 Å². The molecule has 0 saturated carbocycles. The van der Waals surface area contributed by atoms with Gasteiger partial charge in [-0.25, -0.2) is 0 Å². The molecule has 0 fully saturated rings. The van der Waals surface area contributed by atoms with Gasteiger partial charge in [-0.2, -0.15) is 0 Å². The van der Waals surface area contributed by atoms with E-state index in [0.29, 0.717) is 0 Å². The normalized spacial score (nSPS) is 14.9. The molecule has 0 bridgehead atoms. The zero-order chi connectivity index (χ0) is 38.2. The maximum absolute atomic E-state index is 2.49. The number of nitrogens with zero attached hydrogens (tertiary/aromatic N) is 2. The summed E-state index contributed by atoms with van der Waals surface area (Å²) in [6, 6.07) is 63.8. The number of fused-ring (bicyclic) bond motifs is 11. The van der Waals surface area contributed by atoms with E-state index in [1.54, 1.807) is 0 Å². The number of para-hydroxylation sites is 2. The Hall–Kier alpha value is -6.42. The number of rotatable bonds is 3. The van der Waals surface area contributed by atoms with Crippen molar-refractivity contribution in [2.45, 2.75) is 38.5 Å². The molecule has 2 aliphatic rings. The van der Waals surface area contributed by atoms with Gasteiger partial charge >= 0.3 is 0 Å². The molecular formula is C54H40N2S. The molecule has 1 aliphatic heterocycles. The van der Waals surface area contributed by atoms with Crippen molar-refractivity contribution in [1.82, 2.24) is 4.57 Å². The Labute approximate surface area is 336 Å². The van der Waals surface area contributed by atoms with Gasteiger partial charge in [0.15, 0.2) is 0 Å². The summed E-state index contributed by atoms with van der Waals surface area (Å²) in [5.41, 5.74) is 17.7. The summed E-state index contributed by atoms with van der Waals surface area (Å²) >= 11 is 1.87. The molecule has 0 amide bonds. The van der Waals surface area contributed by atoms with E-state index >= 15 is 0 Å². The number of hydrogen-bond donors (Lipinski definition) is 0. The Balaban J connectivity index is 1.06. The number of anilines is 3. The van der Waals surface area contributed by atoms with Gasteiger partial charge in [-0.3, -0.25) is 0 Å². The first kappa shape index (κ1) is 32.8. The van der Waals surface area contributed by atoms with Gasteiger partial charge in [0.05, 0.1) is 22.4 Å². The molecule has 0 N–H and O–H groups in total. The van der Waals surface area contributed by atoms with Crippen LogP contribution in [-0.2, 0) is 10.8 Å². The molecule has 8 aromatic carbocycles. The number of hydrogen-bond acceptors (Lipinski definition) is 2. The average Bonchev–Trinajstić information content (AvgIpc) is 3.85. The predicted octanol–water partition coefficient (Wildman–Crippen LogP) is 15.2. The van der Waals surface area contributed by atoms with Gasteiger partial charge in [-0.05, 0) is 123 Å². The average molecular weight is 749 g/mol. The van der Waals surface area contributed by atoms with Crippen molar-refractivity contribution >= 4 is 70.4 Å². The molecule has 2 aromatic heterocycles. The molecule has 3 heterocycles. The van der Waals surface area contributed by atoms with Crippen molar-refractivity contribution in [1.29, 1.82) is 0 Å². The molecule has 2 nitrogen and oxygen atoms in total. The molecule has 0 atom stereocenters. The molecule has 1 aliphatic carbocycles. The highest BCUT2D eigenvalue weighted by molar-refractivity contribution is 7.25. The van der Waals surface area contributed by atoms with E-state index in [2.05, 4.69) is 207 Å². The number of thiophene rings is 1. The maximum atomic E-state index is 2.49. The first-order valence-corrected chi connectivity index (χ1v) is 20.8. The molecule has 272 valence electrons. The molecule has 12 rings (SSSR count). The van der Waals surface area contributed by atoms with Crippen LogP contribution in [0.2, 0.25) is 0 Å². The van der Waals surface area contributed by atoms with E-state index in [9.17, 15) is 0 Å². The summed E-state index contributed by atoms with van der Waals surface area (Å²) in [5, 5.41) is 5.20. The zero-order valence-corrected chi connectivity index (χ0v) is 33.3. The third kappa shape index (κ3) is 4.52. The van der Waals surface area contributed by atoms with E-state index < -0.39 is 0 Å². The number of benzene rings is 8. The van der Waals surface area contributed by atoms with Crippen molar-refractivity contribution in [3.63, 3.8) is 0 Å². The van der Waals surface area contributed by atoms with Crippen LogP contribution >= 0.6 is 11.3 Å². The molecule has 3 heteroatoms. The highest BCUT2D eigenvalue weighted by Crippen LogP contribution is 2.54. The quantitative estimate of drug-likeness (QED) is 0.175. The first-order chi connectivity index (χ1) is 27.8. The highest BCUT2D eigenvalue weighted by Gasteiger charge is 2.38. The lowest BCUT2D eigenvalue weighted by Gasteiger charge is -2.42. The Morgan fingerprint density at radius 3 is 1.93 bits per heavy atom. The van der Waals surface area contributed by atoms with E-state index in [1.165, 1.54) is 109 Å². The highest BCUT2D eigenvalue weighted by atomic mass is 32.1. The molecular weight excluding hydrogens is 709 g/mol. The fourth-order valence-electron chi connectivity index (χ4n) is 10.3. The van der Waals surface area contributed by atoms with Crippen molar-refractivity contribution < 1.29 is 0 Å². The fourth-order valence-corrected chi connectivity index (χ4v) is 11.3. The van der Waals surface area contributed by atoms with E-state index in [4.69, 9.17) is 0 Å². The second kappa shape index (κ2) is 11.6. The van der Waals surface area contributed by atoms with Crippen LogP contribution in [0.4, 0.5) is 17.1 Å². The standard InChI is InChI=1S/C54H40N2S/c1-53(2)43-18-10-8-16-37(43)39-31-41-40-28-33(22-25-47(40)55(50(41)32-45(39)53)35-14-6-5-7-15-35)34-23-26-49-46(29-34)54(3,4)44-19-11-12-20-48(44)56(49)36-24-27-52-42(30-36)38-17-9-13-21-51(38)57-52/h5-32H,1-4H3. The molecule has 0 saturated heterocycles. The van der Waals surface area contributed by atoms with Gasteiger partial charge in [0.1, 0.15) is 0 Å². The summed E-state index contributed by atoms with van der Waals surface area (Å²) in [7, 11) is 0. The Morgan fingerprint density at radius 1 is 0.386 bits per heavy atom. The smallest absolute Gasteiger partial charge is 0.0544 e. The summed E-state index contributed by atoms with van der Waals surface area (Å²) in [5.74, 6) is 0. The zero-order valence-electron chi connectivity index (χ0n) is 32.5. The van der Waals surface area contributed by atoms with Crippen LogP contribution in [0.3, 0.4) is 0 Å². The van der Waals surface area contributed by atoms with Crippen molar-refractivity contribution in [3.05, 3.63) is 192 Å². The van der Waals surface area contributed by atoms with Crippen LogP contribution in [-0.4, -0.2) is 4.57 Å². The van der Waals surface area contributed by atoms with Gasteiger partial charge in [0, 0.05) is 53.1 Å². The molecule has 10 aromatic rings. The summed E-state index contributed by atoms with van der Waals surface area (Å²) in [6.07, 6.45) is 0. The van der Waals surface area contributed by atoms with Crippen LogP contribution in [0.25, 0.3) is 69.9 Å². The minimum absolute atomic E-state index is 0.0745. The van der Waals surface area contributed by atoms with Crippen molar-refractivity contribution in [2.24, 2.45) is 0 Å². The predicted molar refractivity (Wildman–Crippen MR) is 243 cm³/mol. The second-order valence-corrected chi connectivity index (χ2v) is 18.1. The van der Waals surface area contributed by atoms with E-state index in [0.717, 1.165) is 0 Å². The lowest BCUT2D eigenvalue weighted by atomic mass is 9.73.